The van der Waals surface area contributed by atoms with Crippen LogP contribution in [-0.2, 0) is 19.0 Å². The Morgan fingerprint density at radius 1 is 1.14 bits per heavy atom. The van der Waals surface area contributed by atoms with Crippen molar-refractivity contribution in [2.45, 2.75) is 49.5 Å². The molecule has 1 aromatic heterocycles. The highest BCUT2D eigenvalue weighted by Crippen LogP contribution is 2.36. The van der Waals surface area contributed by atoms with Crippen LogP contribution in [-0.4, -0.2) is 99.7 Å². The molecule has 5 rings (SSSR count). The number of rotatable bonds is 7. The van der Waals surface area contributed by atoms with Gasteiger partial charge < -0.3 is 34.4 Å². The van der Waals surface area contributed by atoms with Crippen molar-refractivity contribution in [2.24, 2.45) is 0 Å². The lowest BCUT2D eigenvalue weighted by molar-refractivity contribution is -0.211. The highest BCUT2D eigenvalue weighted by atomic mass is 79.9. The normalized spacial score (nSPS) is 27.8. The van der Waals surface area contributed by atoms with Crippen LogP contribution < -0.4 is 4.90 Å². The minimum atomic E-state index is -1.42. The van der Waals surface area contributed by atoms with Crippen molar-refractivity contribution in [1.29, 1.82) is 0 Å². The van der Waals surface area contributed by atoms with Crippen LogP contribution in [0.4, 0.5) is 14.5 Å². The van der Waals surface area contributed by atoms with Crippen LogP contribution in [0.25, 0.3) is 11.3 Å². The summed E-state index contributed by atoms with van der Waals surface area (Å²) >= 11 is 6.86. The molecule has 0 aliphatic carbocycles. The largest absolute Gasteiger partial charge is 0.394 e. The Morgan fingerprint density at radius 2 is 1.81 bits per heavy atom. The summed E-state index contributed by atoms with van der Waals surface area (Å²) in [5.41, 5.74) is 0.503. The molecule has 3 N–H and O–H groups in total. The van der Waals surface area contributed by atoms with Gasteiger partial charge in [-0.05, 0) is 37.3 Å². The smallest absolute Gasteiger partial charge is 0.259 e. The Bertz CT molecular complexity index is 1420. The van der Waals surface area contributed by atoms with E-state index in [9.17, 15) is 28.9 Å². The Balaban J connectivity index is 1.54. The van der Waals surface area contributed by atoms with E-state index in [4.69, 9.17) is 14.2 Å². The van der Waals surface area contributed by atoms with E-state index in [-0.39, 0.29) is 30.0 Å². The lowest BCUT2D eigenvalue weighted by Crippen LogP contribution is -2.63. The minimum Gasteiger partial charge on any atom is -0.394 e. The number of anilines is 1. The predicted octanol–water partition coefficient (Wildman–Crippen LogP) is 2.53. The lowest BCUT2D eigenvalue weighted by atomic mass is 9.91. The van der Waals surface area contributed by atoms with Crippen molar-refractivity contribution in [1.82, 2.24) is 15.0 Å². The minimum absolute atomic E-state index is 0.0192. The van der Waals surface area contributed by atoms with Crippen LogP contribution >= 0.6 is 31.9 Å². The number of benzene rings is 2. The summed E-state index contributed by atoms with van der Waals surface area (Å²) in [6.07, 6.45) is -4.86. The van der Waals surface area contributed by atoms with Gasteiger partial charge in [0.1, 0.15) is 47.8 Å². The summed E-state index contributed by atoms with van der Waals surface area (Å²) in [6, 6.07) is 5.51. The van der Waals surface area contributed by atoms with Gasteiger partial charge in [0.25, 0.3) is 5.91 Å². The Kier molecular flexibility index (Phi) is 9.39. The van der Waals surface area contributed by atoms with E-state index >= 15 is 0 Å². The average molecular weight is 718 g/mol. The molecular weight excluding hydrogens is 690 g/mol. The number of halogens is 4. The van der Waals surface area contributed by atoms with E-state index in [1.165, 1.54) is 29.8 Å². The fourth-order valence-corrected chi connectivity index (χ4v) is 6.55. The van der Waals surface area contributed by atoms with Crippen molar-refractivity contribution in [3.63, 3.8) is 0 Å². The molecule has 226 valence electrons. The van der Waals surface area contributed by atoms with E-state index in [0.29, 0.717) is 14.6 Å². The summed E-state index contributed by atoms with van der Waals surface area (Å²) in [4.78, 5) is 15.7. The maximum Gasteiger partial charge on any atom is 0.259 e. The molecule has 0 radical (unpaired) electrons. The first-order chi connectivity index (χ1) is 20.0. The molecule has 3 heterocycles. The van der Waals surface area contributed by atoms with Gasteiger partial charge in [-0.25, -0.2) is 13.5 Å². The van der Waals surface area contributed by atoms with Crippen molar-refractivity contribution in [3.05, 3.63) is 62.7 Å². The van der Waals surface area contributed by atoms with Crippen LogP contribution in [0.15, 0.2) is 45.5 Å². The number of aliphatic hydroxyl groups excluding tert-OH is 3. The molecule has 0 saturated carbocycles. The number of aliphatic hydroxyl groups is 3. The fourth-order valence-electron chi connectivity index (χ4n) is 5.28. The second-order valence-corrected chi connectivity index (χ2v) is 11.9. The fraction of sp³-hybridized carbons (Fsp3) is 0.444. The third-order valence-corrected chi connectivity index (χ3v) is 8.41. The highest BCUT2D eigenvalue weighted by molar-refractivity contribution is 9.11. The van der Waals surface area contributed by atoms with Gasteiger partial charge in [-0.3, -0.25) is 4.79 Å². The number of ether oxygens (including phenoxy) is 3. The average Bonchev–Trinajstić information content (AvgIpc) is 3.60. The molecular formula is C27H28Br2F2N4O7. The number of amides is 1. The summed E-state index contributed by atoms with van der Waals surface area (Å²) in [5, 5.41) is 40.1. The molecule has 7 atom stereocenters. The summed E-state index contributed by atoms with van der Waals surface area (Å²) in [6.45, 7) is 0.732. The van der Waals surface area contributed by atoms with Crippen LogP contribution in [0.5, 0.6) is 0 Å². The van der Waals surface area contributed by atoms with E-state index in [0.717, 1.165) is 12.1 Å². The number of methoxy groups -OCH3 is 1. The molecule has 2 aliphatic heterocycles. The molecule has 15 heteroatoms. The van der Waals surface area contributed by atoms with Crippen molar-refractivity contribution in [3.8, 4) is 11.3 Å². The van der Waals surface area contributed by atoms with E-state index < -0.39 is 66.8 Å². The molecule has 2 aliphatic rings. The van der Waals surface area contributed by atoms with Gasteiger partial charge in [0.05, 0.1) is 32.1 Å². The molecule has 2 saturated heterocycles. The standard InChI is InChI=1S/C27H28Br2F2N4O7/c1-12-17(30)3-13(4-18(12)31)19-8-34(33-32-19)23-24(38)22(9-36)42-26(25(23)40-2)27(39)35(20-10-41-11-21(20)37)16-6-14(28)5-15(29)7-16/h3-8,20-26,36-38H,9-11H2,1-2H3/t20-,21-,22?,23?,24?,25?,26?/m1/s1. The van der Waals surface area contributed by atoms with Gasteiger partial charge in [-0.1, -0.05) is 37.1 Å². The molecule has 3 aromatic rings. The summed E-state index contributed by atoms with van der Waals surface area (Å²) < 4.78 is 48.1. The molecule has 2 fully saturated rings. The van der Waals surface area contributed by atoms with Crippen LogP contribution in [0, 0.1) is 18.6 Å². The van der Waals surface area contributed by atoms with Crippen molar-refractivity contribution >= 4 is 43.5 Å². The van der Waals surface area contributed by atoms with E-state index in [2.05, 4.69) is 42.2 Å². The maximum absolute atomic E-state index is 14.3. The zero-order chi connectivity index (χ0) is 30.3. The third kappa shape index (κ3) is 5.88. The molecule has 1 amide bonds. The Labute approximate surface area is 256 Å². The highest BCUT2D eigenvalue weighted by Gasteiger charge is 2.52. The maximum atomic E-state index is 14.3. The number of hydrogen-bond donors (Lipinski definition) is 3. The molecule has 42 heavy (non-hydrogen) atoms. The number of nitrogens with zero attached hydrogens (tertiary/aromatic N) is 4. The molecule has 5 unspecified atom stereocenters. The summed E-state index contributed by atoms with van der Waals surface area (Å²) in [7, 11) is 1.32. The quantitative estimate of drug-likeness (QED) is 0.337. The monoisotopic (exact) mass is 716 g/mol. The van der Waals surface area contributed by atoms with Crippen LogP contribution in [0.2, 0.25) is 0 Å². The first kappa shape index (κ1) is 31.1. The van der Waals surface area contributed by atoms with Crippen molar-refractivity contribution < 1.29 is 43.1 Å². The number of carbonyl (C=O) groups excluding carboxylic acids is 1. The lowest BCUT2D eigenvalue weighted by Gasteiger charge is -2.45. The predicted molar refractivity (Wildman–Crippen MR) is 152 cm³/mol. The molecule has 0 spiro atoms. The summed E-state index contributed by atoms with van der Waals surface area (Å²) in [5.74, 6) is -2.15. The van der Waals surface area contributed by atoms with Gasteiger partial charge in [0.15, 0.2) is 6.10 Å². The number of aromatic nitrogens is 3. The van der Waals surface area contributed by atoms with Crippen molar-refractivity contribution in [2.75, 3.05) is 31.8 Å². The molecule has 2 aromatic carbocycles. The SMILES string of the molecule is COC1C(C(=O)N(c2cc(Br)cc(Br)c2)[C@@H]2COC[C@H]2O)OC(CO)C(O)C1n1cc(-c2cc(F)c(C)c(F)c2)nn1. The second kappa shape index (κ2) is 12.7. The van der Waals surface area contributed by atoms with Gasteiger partial charge in [0.2, 0.25) is 0 Å². The first-order valence-electron chi connectivity index (χ1n) is 12.9. The van der Waals surface area contributed by atoms with Crippen LogP contribution in [0.3, 0.4) is 0 Å². The third-order valence-electron chi connectivity index (χ3n) is 7.49. The first-order valence-corrected chi connectivity index (χ1v) is 14.5. The van der Waals surface area contributed by atoms with E-state index in [1.807, 2.05) is 0 Å². The van der Waals surface area contributed by atoms with Gasteiger partial charge in [-0.15, -0.1) is 5.10 Å². The second-order valence-electron chi connectivity index (χ2n) is 10.1. The van der Waals surface area contributed by atoms with Crippen LogP contribution in [0.1, 0.15) is 11.6 Å². The zero-order valence-electron chi connectivity index (χ0n) is 22.4. The van der Waals surface area contributed by atoms with Gasteiger partial charge >= 0.3 is 0 Å². The molecule has 11 nitrogen and oxygen atoms in total. The Hall–Kier alpha value is -2.37. The molecule has 0 bridgehead atoms. The zero-order valence-corrected chi connectivity index (χ0v) is 25.6. The van der Waals surface area contributed by atoms with Gasteiger partial charge in [0, 0.05) is 32.9 Å². The van der Waals surface area contributed by atoms with E-state index in [1.54, 1.807) is 18.2 Å². The Morgan fingerprint density at radius 3 is 2.38 bits per heavy atom. The number of carbonyl (C=O) groups is 1. The topological polar surface area (TPSA) is 139 Å². The van der Waals surface area contributed by atoms with Gasteiger partial charge in [-0.2, -0.15) is 0 Å². The number of hydrogen-bond acceptors (Lipinski definition) is 9.